The topological polar surface area (TPSA) is 101 Å². The first kappa shape index (κ1) is 15.4. The Morgan fingerprint density at radius 2 is 2.00 bits per heavy atom. The van der Waals surface area contributed by atoms with Gasteiger partial charge in [0.2, 0.25) is 0 Å². The third-order valence-corrected chi connectivity index (χ3v) is 3.44. The van der Waals surface area contributed by atoms with Gasteiger partial charge in [0, 0.05) is 0 Å². The lowest BCUT2D eigenvalue weighted by molar-refractivity contribution is -0.402. The van der Waals surface area contributed by atoms with E-state index in [0.29, 0.717) is 0 Å². The molecule has 19 heavy (non-hydrogen) atoms. The van der Waals surface area contributed by atoms with Crippen molar-refractivity contribution in [3.05, 3.63) is 34.6 Å². The highest BCUT2D eigenvalue weighted by Gasteiger charge is 2.29. The molecule has 1 aromatic heterocycles. The molecule has 0 aliphatic heterocycles. The molecule has 0 aliphatic rings. The fourth-order valence-corrected chi connectivity index (χ4v) is 2.33. The van der Waals surface area contributed by atoms with Crippen LogP contribution in [-0.2, 0) is 18.1 Å². The molecule has 0 atom stereocenters. The fraction of sp³-hybridized carbons (Fsp3) is 0.400. The van der Waals surface area contributed by atoms with Crippen LogP contribution in [0.3, 0.4) is 0 Å². The lowest BCUT2D eigenvalue weighted by atomic mass is 10.4. The minimum absolute atomic E-state index is 0.0219. The van der Waals surface area contributed by atoms with Crippen LogP contribution in [0.15, 0.2) is 23.1 Å². The van der Waals surface area contributed by atoms with Crippen molar-refractivity contribution in [3.63, 3.8) is 0 Å². The molecule has 9 heteroatoms. The zero-order chi connectivity index (χ0) is 14.5. The SMILES string of the molecule is C=C(OP(=O)(OCC)OCC)c1ccc([N+](=O)[O-])o1. The van der Waals surface area contributed by atoms with Gasteiger partial charge in [-0.2, -0.15) is 0 Å². The number of phosphoric acid groups is 1. The average Bonchev–Trinajstić information content (AvgIpc) is 2.78. The lowest BCUT2D eigenvalue weighted by Crippen LogP contribution is -1.99. The maximum absolute atomic E-state index is 12.0. The highest BCUT2D eigenvalue weighted by Crippen LogP contribution is 2.52. The minimum Gasteiger partial charge on any atom is -0.401 e. The smallest absolute Gasteiger partial charge is 0.401 e. The van der Waals surface area contributed by atoms with Gasteiger partial charge in [-0.15, -0.1) is 0 Å². The molecule has 0 aromatic carbocycles. The Balaban J connectivity index is 2.81. The van der Waals surface area contributed by atoms with Crippen LogP contribution in [0.1, 0.15) is 19.6 Å². The molecule has 1 heterocycles. The van der Waals surface area contributed by atoms with E-state index in [0.717, 1.165) is 6.07 Å². The first-order valence-electron chi connectivity index (χ1n) is 5.44. The van der Waals surface area contributed by atoms with E-state index in [4.69, 9.17) is 18.0 Å². The summed E-state index contributed by atoms with van der Waals surface area (Å²) >= 11 is 0. The van der Waals surface area contributed by atoms with E-state index in [2.05, 4.69) is 6.58 Å². The fourth-order valence-electron chi connectivity index (χ4n) is 1.16. The maximum atomic E-state index is 12.0. The Labute approximate surface area is 109 Å². The van der Waals surface area contributed by atoms with E-state index in [1.165, 1.54) is 6.07 Å². The highest BCUT2D eigenvalue weighted by atomic mass is 31.2. The third-order valence-electron chi connectivity index (χ3n) is 1.84. The van der Waals surface area contributed by atoms with E-state index in [1.807, 2.05) is 0 Å². The standard InChI is InChI=1S/C10H14NO7P/c1-4-15-19(14,16-5-2)18-8(3)9-6-7-10(17-9)11(12)13/h6-7H,3-5H2,1-2H3. The van der Waals surface area contributed by atoms with E-state index >= 15 is 0 Å². The number of phosphoric ester groups is 1. The summed E-state index contributed by atoms with van der Waals surface area (Å²) in [5.74, 6) is -0.660. The maximum Gasteiger partial charge on any atom is 0.530 e. The highest BCUT2D eigenvalue weighted by molar-refractivity contribution is 7.48. The second-order valence-electron chi connectivity index (χ2n) is 3.19. The van der Waals surface area contributed by atoms with Gasteiger partial charge >= 0.3 is 13.7 Å². The first-order valence-corrected chi connectivity index (χ1v) is 6.90. The van der Waals surface area contributed by atoms with E-state index in [1.54, 1.807) is 13.8 Å². The van der Waals surface area contributed by atoms with Gasteiger partial charge in [-0.1, -0.05) is 6.58 Å². The van der Waals surface area contributed by atoms with Crippen molar-refractivity contribution < 1.29 is 27.5 Å². The minimum atomic E-state index is -3.78. The largest absolute Gasteiger partial charge is 0.530 e. The number of rotatable bonds is 8. The van der Waals surface area contributed by atoms with Crippen LogP contribution in [-0.4, -0.2) is 18.1 Å². The molecule has 0 amide bonds. The quantitative estimate of drug-likeness (QED) is 0.313. The molecule has 1 aromatic rings. The van der Waals surface area contributed by atoms with Crippen LogP contribution < -0.4 is 0 Å². The van der Waals surface area contributed by atoms with Crippen molar-refractivity contribution in [1.29, 1.82) is 0 Å². The van der Waals surface area contributed by atoms with Gasteiger partial charge in [0.15, 0.2) is 11.5 Å². The molecule has 0 saturated carbocycles. The molecule has 0 aliphatic carbocycles. The summed E-state index contributed by atoms with van der Waals surface area (Å²) < 4.78 is 31.7. The van der Waals surface area contributed by atoms with E-state index < -0.39 is 18.6 Å². The Bertz CT molecular complexity index is 500. The Kier molecular flexibility index (Phi) is 5.29. The van der Waals surface area contributed by atoms with Crippen LogP contribution in [0.25, 0.3) is 5.76 Å². The molecule has 0 spiro atoms. The van der Waals surface area contributed by atoms with Gasteiger partial charge in [0.05, 0.1) is 19.3 Å². The molecule has 0 saturated heterocycles. The Morgan fingerprint density at radius 1 is 1.42 bits per heavy atom. The van der Waals surface area contributed by atoms with Crippen molar-refractivity contribution in [3.8, 4) is 0 Å². The molecular formula is C10H14NO7P. The van der Waals surface area contributed by atoms with Crippen LogP contribution >= 0.6 is 7.82 Å². The van der Waals surface area contributed by atoms with Crippen molar-refractivity contribution >= 4 is 19.5 Å². The van der Waals surface area contributed by atoms with Crippen LogP contribution in [0, 0.1) is 10.1 Å². The summed E-state index contributed by atoms with van der Waals surface area (Å²) in [5, 5.41) is 10.5. The second-order valence-corrected chi connectivity index (χ2v) is 4.79. The molecule has 0 fully saturated rings. The summed E-state index contributed by atoms with van der Waals surface area (Å²) in [7, 11) is -3.78. The summed E-state index contributed by atoms with van der Waals surface area (Å²) in [4.78, 5) is 9.76. The van der Waals surface area contributed by atoms with Gasteiger partial charge in [-0.3, -0.25) is 19.2 Å². The van der Waals surface area contributed by atoms with Crippen LogP contribution in [0.4, 0.5) is 5.88 Å². The number of hydrogen-bond acceptors (Lipinski definition) is 7. The summed E-state index contributed by atoms with van der Waals surface area (Å²) in [5.41, 5.74) is 0. The summed E-state index contributed by atoms with van der Waals surface area (Å²) in [6, 6.07) is 2.42. The molecule has 0 N–H and O–H groups in total. The summed E-state index contributed by atoms with van der Waals surface area (Å²) in [6.45, 7) is 6.95. The zero-order valence-corrected chi connectivity index (χ0v) is 11.4. The van der Waals surface area contributed by atoms with E-state index in [9.17, 15) is 14.7 Å². The van der Waals surface area contributed by atoms with Crippen LogP contribution in [0.5, 0.6) is 0 Å². The number of furan rings is 1. The molecule has 0 unspecified atom stereocenters. The average molecular weight is 291 g/mol. The normalized spacial score (nSPS) is 11.3. The third kappa shape index (κ3) is 4.20. The Morgan fingerprint density at radius 3 is 2.42 bits per heavy atom. The van der Waals surface area contributed by atoms with Gasteiger partial charge in [-0.05, 0) is 19.9 Å². The van der Waals surface area contributed by atoms with Crippen molar-refractivity contribution in [2.75, 3.05) is 13.2 Å². The van der Waals surface area contributed by atoms with Gasteiger partial charge in [-0.25, -0.2) is 4.57 Å². The van der Waals surface area contributed by atoms with Crippen molar-refractivity contribution in [2.24, 2.45) is 0 Å². The van der Waals surface area contributed by atoms with Gasteiger partial charge in [0.25, 0.3) is 0 Å². The monoisotopic (exact) mass is 291 g/mol. The first-order chi connectivity index (χ1) is 8.91. The van der Waals surface area contributed by atoms with Gasteiger partial charge < -0.3 is 8.94 Å². The number of hydrogen-bond donors (Lipinski definition) is 0. The molecule has 106 valence electrons. The van der Waals surface area contributed by atoms with Crippen molar-refractivity contribution in [2.45, 2.75) is 13.8 Å². The molecular weight excluding hydrogens is 277 g/mol. The van der Waals surface area contributed by atoms with Gasteiger partial charge in [0.1, 0.15) is 4.92 Å². The second kappa shape index (κ2) is 6.51. The molecule has 0 radical (unpaired) electrons. The van der Waals surface area contributed by atoms with Crippen LogP contribution in [0.2, 0.25) is 0 Å². The molecule has 0 bridgehead atoms. The predicted octanol–water partition coefficient (Wildman–Crippen LogP) is 3.36. The zero-order valence-electron chi connectivity index (χ0n) is 10.5. The Hall–Kier alpha value is -1.63. The lowest BCUT2D eigenvalue weighted by Gasteiger charge is -2.17. The predicted molar refractivity (Wildman–Crippen MR) is 66.3 cm³/mol. The summed E-state index contributed by atoms with van der Waals surface area (Å²) in [6.07, 6.45) is 0. The van der Waals surface area contributed by atoms with Crippen molar-refractivity contribution in [1.82, 2.24) is 0 Å². The molecule has 8 nitrogen and oxygen atoms in total. The molecule has 1 rings (SSSR count). The number of nitro groups is 1. The number of nitrogens with zero attached hydrogens (tertiary/aromatic N) is 1. The van der Waals surface area contributed by atoms with E-state index in [-0.39, 0.29) is 24.7 Å².